The van der Waals surface area contributed by atoms with Crippen molar-refractivity contribution in [2.75, 3.05) is 13.1 Å². The summed E-state index contributed by atoms with van der Waals surface area (Å²) < 4.78 is 35.4. The third kappa shape index (κ3) is 5.46. The maximum Gasteiger partial charge on any atom is 0.307 e. The van der Waals surface area contributed by atoms with E-state index in [1.807, 2.05) is 24.3 Å². The Bertz CT molecular complexity index is 1610. The second kappa shape index (κ2) is 12.3. The van der Waals surface area contributed by atoms with Crippen LogP contribution in [0.1, 0.15) is 76.6 Å². The van der Waals surface area contributed by atoms with Gasteiger partial charge in [0.1, 0.15) is 23.7 Å². The minimum Gasteiger partial charge on any atom is -0.487 e. The van der Waals surface area contributed by atoms with Crippen LogP contribution in [0.15, 0.2) is 40.9 Å². The first-order valence-corrected chi connectivity index (χ1v) is 15.5. The number of halogens is 3. The van der Waals surface area contributed by atoms with E-state index in [0.717, 1.165) is 33.1 Å². The lowest BCUT2D eigenvalue weighted by atomic mass is 9.77. The second-order valence-electron chi connectivity index (χ2n) is 11.5. The molecule has 1 aliphatic carbocycles. The zero-order valence-electron chi connectivity index (χ0n) is 24.1. The van der Waals surface area contributed by atoms with Crippen LogP contribution < -0.4 is 4.74 Å². The van der Waals surface area contributed by atoms with Crippen LogP contribution in [0.2, 0.25) is 0 Å². The third-order valence-corrected chi connectivity index (χ3v) is 9.80. The fourth-order valence-corrected chi connectivity index (χ4v) is 7.43. The van der Waals surface area contributed by atoms with Crippen molar-refractivity contribution in [1.82, 2.24) is 24.8 Å². The number of aryl methyl sites for hydroxylation is 1. The van der Waals surface area contributed by atoms with Gasteiger partial charge in [-0.05, 0) is 48.6 Å². The van der Waals surface area contributed by atoms with Crippen molar-refractivity contribution in [2.24, 2.45) is 18.9 Å². The van der Waals surface area contributed by atoms with Gasteiger partial charge in [-0.2, -0.15) is 0 Å². The van der Waals surface area contributed by atoms with Crippen molar-refractivity contribution in [1.29, 1.82) is 0 Å². The Kier molecular flexibility index (Phi) is 8.40. The van der Waals surface area contributed by atoms with Crippen molar-refractivity contribution in [3.8, 4) is 5.75 Å². The highest BCUT2D eigenvalue weighted by atomic mass is 79.9. The molecular weight excluding hydrogens is 640 g/mol. The van der Waals surface area contributed by atoms with Gasteiger partial charge in [0.25, 0.3) is 12.3 Å². The number of carboxylic acid groups (broad SMARTS) is 1. The standard InChI is InChI=1S/C31H32BrF2N5O5/c1-37-27(28(33)34)23(35-36-37)16-44-25-11-10-22(32)21-12-13-39(30(41)19-8-4-5-9-20(19)31(42)43)24(26(21)25)15-38-14-17-6-2-3-7-18(17)29(38)40/h2-3,6-7,10-11,19-20,24,28H,4-5,8-9,12-16H2,1H3,(H,42,43)/t19-,20+,24-/m1/s1. The average Bonchev–Trinajstić information content (AvgIpc) is 3.55. The highest BCUT2D eigenvalue weighted by molar-refractivity contribution is 9.10. The van der Waals surface area contributed by atoms with Gasteiger partial charge >= 0.3 is 5.97 Å². The number of carbonyl (C=O) groups is 3. The van der Waals surface area contributed by atoms with Crippen LogP contribution in [0.5, 0.6) is 5.75 Å². The van der Waals surface area contributed by atoms with E-state index in [0.29, 0.717) is 49.2 Å². The van der Waals surface area contributed by atoms with E-state index in [1.165, 1.54) is 7.05 Å². The molecule has 3 aliphatic rings. The summed E-state index contributed by atoms with van der Waals surface area (Å²) in [7, 11) is 1.39. The fourth-order valence-electron chi connectivity index (χ4n) is 6.89. The van der Waals surface area contributed by atoms with E-state index in [9.17, 15) is 28.3 Å². The van der Waals surface area contributed by atoms with Crippen LogP contribution in [0.25, 0.3) is 0 Å². The number of benzene rings is 2. The number of carbonyl (C=O) groups excluding carboxylic acids is 2. The quantitative estimate of drug-likeness (QED) is 0.355. The van der Waals surface area contributed by atoms with Gasteiger partial charge in [0.15, 0.2) is 0 Å². The second-order valence-corrected chi connectivity index (χ2v) is 12.4. The van der Waals surface area contributed by atoms with Gasteiger partial charge in [-0.1, -0.05) is 52.2 Å². The molecule has 3 heterocycles. The molecular formula is C31H32BrF2N5O5. The third-order valence-electron chi connectivity index (χ3n) is 9.06. The highest BCUT2D eigenvalue weighted by Crippen LogP contribution is 2.44. The molecule has 0 unspecified atom stereocenters. The SMILES string of the molecule is Cn1nnc(COc2ccc(Br)c3c2[C@@H](CN2Cc4ccccc4C2=O)N(C(=O)[C@@H]2CCCC[C@@H]2C(=O)O)CC3)c1C(F)F. The van der Waals surface area contributed by atoms with E-state index in [2.05, 4.69) is 26.2 Å². The summed E-state index contributed by atoms with van der Waals surface area (Å²) in [6.07, 6.45) is 0.0902. The van der Waals surface area contributed by atoms with Crippen LogP contribution >= 0.6 is 15.9 Å². The van der Waals surface area contributed by atoms with E-state index in [1.54, 1.807) is 21.9 Å². The van der Waals surface area contributed by atoms with Crippen LogP contribution in [-0.4, -0.2) is 60.8 Å². The molecule has 2 amide bonds. The Labute approximate surface area is 261 Å². The van der Waals surface area contributed by atoms with Crippen molar-refractivity contribution in [3.05, 3.63) is 74.5 Å². The normalized spacial score (nSPS) is 21.4. The number of aromatic nitrogens is 3. The lowest BCUT2D eigenvalue weighted by molar-refractivity contribution is -0.153. The molecule has 1 saturated carbocycles. The molecule has 13 heteroatoms. The molecule has 3 aromatic rings. The van der Waals surface area contributed by atoms with Gasteiger partial charge in [-0.15, -0.1) is 5.10 Å². The largest absolute Gasteiger partial charge is 0.487 e. The van der Waals surface area contributed by atoms with Crippen molar-refractivity contribution in [2.45, 2.75) is 57.7 Å². The number of rotatable bonds is 8. The summed E-state index contributed by atoms with van der Waals surface area (Å²) in [4.78, 5) is 43.3. The predicted molar refractivity (Wildman–Crippen MR) is 157 cm³/mol. The molecule has 0 saturated heterocycles. The smallest absolute Gasteiger partial charge is 0.307 e. The van der Waals surface area contributed by atoms with Crippen LogP contribution in [0.3, 0.4) is 0 Å². The van der Waals surface area contributed by atoms with Gasteiger partial charge < -0.3 is 19.6 Å². The van der Waals surface area contributed by atoms with E-state index >= 15 is 0 Å². The summed E-state index contributed by atoms with van der Waals surface area (Å²) in [5.41, 5.74) is 2.68. The molecule has 2 aromatic carbocycles. The zero-order chi connectivity index (χ0) is 31.1. The molecule has 0 bridgehead atoms. The number of ether oxygens (including phenoxy) is 1. The number of carboxylic acids is 1. The van der Waals surface area contributed by atoms with Gasteiger partial charge in [0.2, 0.25) is 5.91 Å². The Morgan fingerprint density at radius 1 is 1.14 bits per heavy atom. The van der Waals surface area contributed by atoms with Crippen molar-refractivity contribution >= 4 is 33.7 Å². The summed E-state index contributed by atoms with van der Waals surface area (Å²) >= 11 is 3.64. The maximum atomic E-state index is 14.3. The van der Waals surface area contributed by atoms with Crippen LogP contribution in [0, 0.1) is 11.8 Å². The van der Waals surface area contributed by atoms with E-state index < -0.39 is 30.3 Å². The average molecular weight is 673 g/mol. The molecule has 1 fully saturated rings. The number of nitrogens with zero attached hydrogens (tertiary/aromatic N) is 5. The highest BCUT2D eigenvalue weighted by Gasteiger charge is 2.44. The van der Waals surface area contributed by atoms with Gasteiger partial charge in [0.05, 0.1) is 17.9 Å². The lowest BCUT2D eigenvalue weighted by Crippen LogP contribution is -2.50. The summed E-state index contributed by atoms with van der Waals surface area (Å²) in [6.45, 7) is 0.568. The van der Waals surface area contributed by atoms with Crippen molar-refractivity contribution < 1.29 is 33.0 Å². The van der Waals surface area contributed by atoms with E-state index in [4.69, 9.17) is 4.74 Å². The Morgan fingerprint density at radius 2 is 1.89 bits per heavy atom. The maximum absolute atomic E-state index is 14.3. The first-order chi connectivity index (χ1) is 21.2. The topological polar surface area (TPSA) is 118 Å². The summed E-state index contributed by atoms with van der Waals surface area (Å²) in [5.74, 6) is -2.47. The fraction of sp³-hybridized carbons (Fsp3) is 0.452. The number of amides is 2. The molecule has 0 radical (unpaired) electrons. The molecule has 232 valence electrons. The lowest BCUT2D eigenvalue weighted by Gasteiger charge is -2.43. The Balaban J connectivity index is 1.39. The first kappa shape index (κ1) is 30.2. The monoisotopic (exact) mass is 671 g/mol. The van der Waals surface area contributed by atoms with Gasteiger partial charge in [-0.3, -0.25) is 14.4 Å². The van der Waals surface area contributed by atoms with Gasteiger partial charge in [0, 0.05) is 42.3 Å². The molecule has 1 N–H and O–H groups in total. The number of alkyl halides is 2. The molecule has 0 spiro atoms. The van der Waals surface area contributed by atoms with Crippen molar-refractivity contribution in [3.63, 3.8) is 0 Å². The molecule has 1 aromatic heterocycles. The number of hydrogen-bond acceptors (Lipinski definition) is 6. The molecule has 6 rings (SSSR count). The summed E-state index contributed by atoms with van der Waals surface area (Å²) in [6, 6.07) is 10.2. The van der Waals surface area contributed by atoms with E-state index in [-0.39, 0.29) is 36.4 Å². The minimum atomic E-state index is -2.80. The molecule has 3 atom stereocenters. The van der Waals surface area contributed by atoms with Crippen LogP contribution in [-0.2, 0) is 36.2 Å². The minimum absolute atomic E-state index is 0.00358. The molecule has 44 heavy (non-hydrogen) atoms. The van der Waals surface area contributed by atoms with Gasteiger partial charge in [-0.25, -0.2) is 13.5 Å². The Hall–Kier alpha value is -3.87. The predicted octanol–water partition coefficient (Wildman–Crippen LogP) is 5.07. The number of hydrogen-bond donors (Lipinski definition) is 1. The molecule has 10 nitrogen and oxygen atoms in total. The Morgan fingerprint density at radius 3 is 2.61 bits per heavy atom. The van der Waals surface area contributed by atoms with Crippen LogP contribution in [0.4, 0.5) is 8.78 Å². The zero-order valence-corrected chi connectivity index (χ0v) is 25.7. The number of fused-ring (bicyclic) bond motifs is 2. The summed E-state index contributed by atoms with van der Waals surface area (Å²) in [5, 5.41) is 17.5. The molecule has 2 aliphatic heterocycles. The first-order valence-electron chi connectivity index (χ1n) is 14.7. The number of aliphatic carboxylic acids is 1.